The van der Waals surface area contributed by atoms with E-state index in [9.17, 15) is 0 Å². The molecule has 0 radical (unpaired) electrons. The zero-order valence-corrected chi connectivity index (χ0v) is 10.8. The molecule has 0 heterocycles. The van der Waals surface area contributed by atoms with E-state index >= 15 is 0 Å². The van der Waals surface area contributed by atoms with Crippen LogP contribution < -0.4 is 5.32 Å². The van der Waals surface area contributed by atoms with Crippen LogP contribution in [0.1, 0.15) is 46.5 Å². The Hall–Kier alpha value is -0.0800. The van der Waals surface area contributed by atoms with Crippen molar-refractivity contribution in [1.29, 1.82) is 0 Å². The van der Waals surface area contributed by atoms with Crippen molar-refractivity contribution in [1.82, 2.24) is 10.2 Å². The summed E-state index contributed by atoms with van der Waals surface area (Å²) in [5.41, 5.74) is 0. The first-order chi connectivity index (χ1) is 7.30. The highest BCUT2D eigenvalue weighted by Gasteiger charge is 2.24. The number of nitrogens with one attached hydrogen (secondary N) is 1. The lowest BCUT2D eigenvalue weighted by molar-refractivity contribution is 0.231. The Balaban J connectivity index is 2.25. The third kappa shape index (κ3) is 5.53. The van der Waals surface area contributed by atoms with E-state index in [0.717, 1.165) is 12.5 Å². The summed E-state index contributed by atoms with van der Waals surface area (Å²) >= 11 is 0. The molecule has 90 valence electrons. The Morgan fingerprint density at radius 3 is 2.47 bits per heavy atom. The van der Waals surface area contributed by atoms with E-state index in [1.165, 1.54) is 45.3 Å². The molecular weight excluding hydrogens is 184 g/mol. The fraction of sp³-hybridized carbons (Fsp3) is 1.00. The summed E-state index contributed by atoms with van der Waals surface area (Å²) < 4.78 is 0. The third-order valence-electron chi connectivity index (χ3n) is 3.22. The molecule has 1 unspecified atom stereocenters. The summed E-state index contributed by atoms with van der Waals surface area (Å²) in [5.74, 6) is 1.02. The van der Waals surface area contributed by atoms with Gasteiger partial charge < -0.3 is 10.2 Å². The summed E-state index contributed by atoms with van der Waals surface area (Å²) in [4.78, 5) is 2.66. The van der Waals surface area contributed by atoms with Crippen LogP contribution in [0.4, 0.5) is 0 Å². The highest BCUT2D eigenvalue weighted by Crippen LogP contribution is 2.29. The molecule has 0 amide bonds. The van der Waals surface area contributed by atoms with Gasteiger partial charge in [-0.05, 0) is 44.7 Å². The van der Waals surface area contributed by atoms with Crippen molar-refractivity contribution in [2.75, 3.05) is 26.2 Å². The van der Waals surface area contributed by atoms with Crippen LogP contribution in [-0.4, -0.2) is 37.1 Å². The van der Waals surface area contributed by atoms with Crippen LogP contribution in [0.3, 0.4) is 0 Å². The van der Waals surface area contributed by atoms with Crippen molar-refractivity contribution in [2.45, 2.75) is 52.5 Å². The summed E-state index contributed by atoms with van der Waals surface area (Å²) in [6.45, 7) is 11.7. The highest BCUT2D eigenvalue weighted by atomic mass is 15.1. The molecular formula is C13H28N2. The van der Waals surface area contributed by atoms with Crippen LogP contribution in [0, 0.1) is 5.92 Å². The normalized spacial score (nSPS) is 18.4. The lowest BCUT2D eigenvalue weighted by atomic mass is 10.2. The monoisotopic (exact) mass is 212 g/mol. The second-order valence-electron chi connectivity index (χ2n) is 4.87. The zero-order chi connectivity index (χ0) is 11.1. The van der Waals surface area contributed by atoms with E-state index in [1.807, 2.05) is 0 Å². The Morgan fingerprint density at radius 1 is 1.27 bits per heavy atom. The second-order valence-corrected chi connectivity index (χ2v) is 4.87. The standard InChI is InChI=1S/C13H28N2/c1-4-9-15(10-12-7-8-12)11-13(5-2)14-6-3/h12-14H,4-11H2,1-3H3. The van der Waals surface area contributed by atoms with Gasteiger partial charge >= 0.3 is 0 Å². The highest BCUT2D eigenvalue weighted by molar-refractivity contribution is 4.79. The van der Waals surface area contributed by atoms with E-state index in [0.29, 0.717) is 6.04 Å². The van der Waals surface area contributed by atoms with Gasteiger partial charge in [-0.25, -0.2) is 0 Å². The van der Waals surface area contributed by atoms with Crippen molar-refractivity contribution < 1.29 is 0 Å². The van der Waals surface area contributed by atoms with Crippen molar-refractivity contribution in [3.8, 4) is 0 Å². The number of hydrogen-bond acceptors (Lipinski definition) is 2. The van der Waals surface area contributed by atoms with Gasteiger partial charge in [0.25, 0.3) is 0 Å². The van der Waals surface area contributed by atoms with Crippen LogP contribution >= 0.6 is 0 Å². The van der Waals surface area contributed by atoms with Gasteiger partial charge in [0.05, 0.1) is 0 Å². The average molecular weight is 212 g/mol. The van der Waals surface area contributed by atoms with Gasteiger partial charge in [-0.2, -0.15) is 0 Å². The molecule has 0 bridgehead atoms. The first kappa shape index (κ1) is 13.0. The fourth-order valence-corrected chi connectivity index (χ4v) is 2.18. The minimum atomic E-state index is 0.695. The first-order valence-corrected chi connectivity index (χ1v) is 6.75. The van der Waals surface area contributed by atoms with Crippen LogP contribution in [0.2, 0.25) is 0 Å². The molecule has 2 heteroatoms. The minimum Gasteiger partial charge on any atom is -0.313 e. The number of rotatable bonds is 9. The Kier molecular flexibility index (Phi) is 6.26. The van der Waals surface area contributed by atoms with E-state index in [1.54, 1.807) is 0 Å². The molecule has 0 aromatic rings. The Bertz CT molecular complexity index is 155. The average Bonchev–Trinajstić information content (AvgIpc) is 3.01. The molecule has 0 spiro atoms. The largest absolute Gasteiger partial charge is 0.313 e. The van der Waals surface area contributed by atoms with E-state index in [-0.39, 0.29) is 0 Å². The maximum Gasteiger partial charge on any atom is 0.0192 e. The van der Waals surface area contributed by atoms with Crippen molar-refractivity contribution in [3.63, 3.8) is 0 Å². The van der Waals surface area contributed by atoms with Gasteiger partial charge in [0.1, 0.15) is 0 Å². The zero-order valence-electron chi connectivity index (χ0n) is 10.8. The van der Waals surface area contributed by atoms with Gasteiger partial charge in [-0.15, -0.1) is 0 Å². The molecule has 1 aliphatic rings. The first-order valence-electron chi connectivity index (χ1n) is 6.75. The third-order valence-corrected chi connectivity index (χ3v) is 3.22. The van der Waals surface area contributed by atoms with E-state index < -0.39 is 0 Å². The number of likely N-dealkylation sites (N-methyl/N-ethyl adjacent to an activating group) is 1. The molecule has 1 rings (SSSR count). The topological polar surface area (TPSA) is 15.3 Å². The summed E-state index contributed by atoms with van der Waals surface area (Å²) in [7, 11) is 0. The van der Waals surface area contributed by atoms with Crippen LogP contribution in [0.5, 0.6) is 0 Å². The van der Waals surface area contributed by atoms with Crippen LogP contribution in [-0.2, 0) is 0 Å². The molecule has 1 atom stereocenters. The maximum absolute atomic E-state index is 3.57. The maximum atomic E-state index is 3.57. The van der Waals surface area contributed by atoms with Gasteiger partial charge in [0.2, 0.25) is 0 Å². The fourth-order valence-electron chi connectivity index (χ4n) is 2.18. The summed E-state index contributed by atoms with van der Waals surface area (Å²) in [6, 6.07) is 0.695. The number of hydrogen-bond donors (Lipinski definition) is 1. The molecule has 15 heavy (non-hydrogen) atoms. The lowest BCUT2D eigenvalue weighted by Gasteiger charge is -2.27. The van der Waals surface area contributed by atoms with E-state index in [2.05, 4.69) is 31.0 Å². The molecule has 0 saturated heterocycles. The molecule has 1 aliphatic carbocycles. The second kappa shape index (κ2) is 7.24. The smallest absolute Gasteiger partial charge is 0.0192 e. The number of nitrogens with zero attached hydrogens (tertiary/aromatic N) is 1. The van der Waals surface area contributed by atoms with Gasteiger partial charge in [-0.1, -0.05) is 20.8 Å². The van der Waals surface area contributed by atoms with E-state index in [4.69, 9.17) is 0 Å². The van der Waals surface area contributed by atoms with Crippen LogP contribution in [0.15, 0.2) is 0 Å². The molecule has 0 aromatic heterocycles. The van der Waals surface area contributed by atoms with Gasteiger partial charge in [-0.3, -0.25) is 0 Å². The summed E-state index contributed by atoms with van der Waals surface area (Å²) in [5, 5.41) is 3.57. The molecule has 1 saturated carbocycles. The van der Waals surface area contributed by atoms with Crippen molar-refractivity contribution >= 4 is 0 Å². The van der Waals surface area contributed by atoms with Crippen LogP contribution in [0.25, 0.3) is 0 Å². The predicted molar refractivity (Wildman–Crippen MR) is 67.2 cm³/mol. The molecule has 1 N–H and O–H groups in total. The molecule has 0 aromatic carbocycles. The Labute approximate surface area is 95.4 Å². The molecule has 1 fully saturated rings. The van der Waals surface area contributed by atoms with Crippen molar-refractivity contribution in [3.05, 3.63) is 0 Å². The SMILES string of the molecule is CCCN(CC1CC1)CC(CC)NCC. The molecule has 0 aliphatic heterocycles. The van der Waals surface area contributed by atoms with Crippen molar-refractivity contribution in [2.24, 2.45) is 5.92 Å². The quantitative estimate of drug-likeness (QED) is 0.632. The summed E-state index contributed by atoms with van der Waals surface area (Å²) in [6.07, 6.45) is 5.48. The Morgan fingerprint density at radius 2 is 2.00 bits per heavy atom. The minimum absolute atomic E-state index is 0.695. The molecule has 2 nitrogen and oxygen atoms in total. The lowest BCUT2D eigenvalue weighted by Crippen LogP contribution is -2.41. The van der Waals surface area contributed by atoms with Gasteiger partial charge in [0.15, 0.2) is 0 Å². The predicted octanol–water partition coefficient (Wildman–Crippen LogP) is 2.50. The van der Waals surface area contributed by atoms with Gasteiger partial charge in [0, 0.05) is 19.1 Å².